The number of carbonyl (C=O) groups is 4. The number of esters is 2. The summed E-state index contributed by atoms with van der Waals surface area (Å²) in [7, 11) is 0. The highest BCUT2D eigenvalue weighted by Crippen LogP contribution is 2.33. The van der Waals surface area contributed by atoms with E-state index in [1.807, 2.05) is 24.3 Å². The van der Waals surface area contributed by atoms with Gasteiger partial charge in [0, 0.05) is 11.5 Å². The van der Waals surface area contributed by atoms with Crippen molar-refractivity contribution in [1.29, 1.82) is 0 Å². The average Bonchev–Trinajstić information content (AvgIpc) is 3.07. The van der Waals surface area contributed by atoms with Crippen LogP contribution in [0.1, 0.15) is 37.8 Å². The molecule has 2 N–H and O–H groups in total. The molecule has 2 aromatic rings. The summed E-state index contributed by atoms with van der Waals surface area (Å²) in [5.74, 6) is -3.56. The third-order valence-corrected chi connectivity index (χ3v) is 7.54. The van der Waals surface area contributed by atoms with Crippen molar-refractivity contribution in [2.75, 3.05) is 26.4 Å². The molecule has 11 nitrogen and oxygen atoms in total. The number of rotatable bonds is 18. The first-order valence-electron chi connectivity index (χ1n) is 14.7. The number of ether oxygens (including phenoxy) is 5. The van der Waals surface area contributed by atoms with Crippen LogP contribution >= 0.6 is 0 Å². The minimum Gasteiger partial charge on any atom is -0.490 e. The number of aliphatic hydroxyl groups excluding tert-OH is 1. The van der Waals surface area contributed by atoms with Crippen LogP contribution in [0, 0.1) is 11.8 Å². The quantitative estimate of drug-likeness (QED) is 0.105. The van der Waals surface area contributed by atoms with Gasteiger partial charge in [-0.3, -0.25) is 14.4 Å². The fraction of sp³-hybridized carbons (Fsp3) is 0.371. The van der Waals surface area contributed by atoms with Crippen LogP contribution in [0.3, 0.4) is 0 Å². The maximum atomic E-state index is 12.9. The second-order valence-corrected chi connectivity index (χ2v) is 11.1. The molecule has 1 aliphatic carbocycles. The fourth-order valence-electron chi connectivity index (χ4n) is 4.69. The van der Waals surface area contributed by atoms with E-state index in [0.29, 0.717) is 11.5 Å². The smallest absolute Gasteiger partial charge is 0.330 e. The number of carboxylic acids is 1. The van der Waals surface area contributed by atoms with E-state index >= 15 is 0 Å². The first kappa shape index (κ1) is 35.7. The molecule has 0 heterocycles. The summed E-state index contributed by atoms with van der Waals surface area (Å²) < 4.78 is 27.1. The van der Waals surface area contributed by atoms with Gasteiger partial charge in [-0.1, -0.05) is 63.4 Å². The summed E-state index contributed by atoms with van der Waals surface area (Å²) in [6.45, 7) is 9.97. The molecule has 0 amide bonds. The zero-order valence-electron chi connectivity index (χ0n) is 26.0. The lowest BCUT2D eigenvalue weighted by molar-refractivity contribution is -0.167. The molecule has 0 saturated heterocycles. The minimum atomic E-state index is -1.26. The Labute approximate surface area is 268 Å². The summed E-state index contributed by atoms with van der Waals surface area (Å²) in [5, 5.41) is 19.4. The van der Waals surface area contributed by atoms with Crippen LogP contribution in [0.5, 0.6) is 11.5 Å². The SMILES string of the molecule is C=CC(=O)COC(O)COc1ccc(C(C)(C)c2ccc(OCC(COC(=O)C=C)OC(=O)C3CC=CCC3C(=O)O)cc2)cc1. The fourth-order valence-corrected chi connectivity index (χ4v) is 4.69. The van der Waals surface area contributed by atoms with E-state index in [1.165, 1.54) is 0 Å². The molecular formula is C35H40O11. The van der Waals surface area contributed by atoms with Crippen LogP contribution < -0.4 is 9.47 Å². The van der Waals surface area contributed by atoms with Crippen LogP contribution in [0.15, 0.2) is 86.0 Å². The number of allylic oxidation sites excluding steroid dienone is 2. The summed E-state index contributed by atoms with van der Waals surface area (Å²) in [4.78, 5) is 47.4. The third kappa shape index (κ3) is 10.4. The topological polar surface area (TPSA) is 155 Å². The molecule has 246 valence electrons. The van der Waals surface area contributed by atoms with Crippen molar-refractivity contribution in [3.05, 3.63) is 97.1 Å². The molecule has 4 unspecified atom stereocenters. The van der Waals surface area contributed by atoms with Gasteiger partial charge < -0.3 is 33.9 Å². The molecule has 0 saturated carbocycles. The number of hydrogen-bond acceptors (Lipinski definition) is 10. The summed E-state index contributed by atoms with van der Waals surface area (Å²) >= 11 is 0. The van der Waals surface area contributed by atoms with E-state index in [-0.39, 0.29) is 45.1 Å². The van der Waals surface area contributed by atoms with Gasteiger partial charge >= 0.3 is 17.9 Å². The molecule has 0 bridgehead atoms. The number of benzene rings is 2. The van der Waals surface area contributed by atoms with Crippen LogP contribution in [0.2, 0.25) is 0 Å². The van der Waals surface area contributed by atoms with Gasteiger partial charge in [-0.05, 0) is 54.3 Å². The zero-order chi connectivity index (χ0) is 33.7. The first-order chi connectivity index (χ1) is 21.9. The van der Waals surface area contributed by atoms with Gasteiger partial charge in [-0.25, -0.2) is 4.79 Å². The minimum absolute atomic E-state index is 0.134. The van der Waals surface area contributed by atoms with Crippen LogP contribution in [-0.4, -0.2) is 72.7 Å². The number of carbonyl (C=O) groups excluding carboxylic acids is 3. The molecule has 4 atom stereocenters. The number of aliphatic hydroxyl groups is 1. The van der Waals surface area contributed by atoms with Gasteiger partial charge in [0.25, 0.3) is 0 Å². The predicted octanol–water partition coefficient (Wildman–Crippen LogP) is 4.17. The Morgan fingerprint density at radius 2 is 1.39 bits per heavy atom. The average molecular weight is 637 g/mol. The first-order valence-corrected chi connectivity index (χ1v) is 14.7. The van der Waals surface area contributed by atoms with Crippen molar-refractivity contribution < 1.29 is 53.1 Å². The van der Waals surface area contributed by atoms with Crippen molar-refractivity contribution in [1.82, 2.24) is 0 Å². The van der Waals surface area contributed by atoms with Gasteiger partial charge in [-0.2, -0.15) is 0 Å². The van der Waals surface area contributed by atoms with E-state index in [4.69, 9.17) is 23.7 Å². The highest BCUT2D eigenvalue weighted by Gasteiger charge is 2.36. The van der Waals surface area contributed by atoms with Gasteiger partial charge in [0.05, 0.1) is 11.8 Å². The van der Waals surface area contributed by atoms with Gasteiger partial charge in [0.1, 0.15) is 37.9 Å². The number of ketones is 1. The van der Waals surface area contributed by atoms with Crippen LogP contribution in [-0.2, 0) is 38.8 Å². The van der Waals surface area contributed by atoms with E-state index in [9.17, 15) is 29.4 Å². The Bertz CT molecular complexity index is 1390. The maximum absolute atomic E-state index is 12.9. The molecule has 0 fully saturated rings. The molecule has 0 radical (unpaired) electrons. The van der Waals surface area contributed by atoms with Crippen molar-refractivity contribution in [2.45, 2.75) is 44.5 Å². The molecule has 0 aromatic heterocycles. The Kier molecular flexibility index (Phi) is 13.3. The second-order valence-electron chi connectivity index (χ2n) is 11.1. The molecule has 3 rings (SSSR count). The number of hydrogen-bond donors (Lipinski definition) is 2. The van der Waals surface area contributed by atoms with E-state index in [0.717, 1.165) is 23.3 Å². The van der Waals surface area contributed by atoms with Crippen LogP contribution in [0.4, 0.5) is 0 Å². The second kappa shape index (κ2) is 17.1. The van der Waals surface area contributed by atoms with Crippen molar-refractivity contribution in [3.8, 4) is 11.5 Å². The molecule has 0 aliphatic heterocycles. The normalized spacial score (nSPS) is 17.2. The van der Waals surface area contributed by atoms with Crippen molar-refractivity contribution >= 4 is 23.7 Å². The molecule has 46 heavy (non-hydrogen) atoms. The molecule has 1 aliphatic rings. The summed E-state index contributed by atoms with van der Waals surface area (Å²) in [5.41, 5.74) is 1.57. The summed E-state index contributed by atoms with van der Waals surface area (Å²) in [6.07, 6.45) is 3.81. The van der Waals surface area contributed by atoms with Gasteiger partial charge in [-0.15, -0.1) is 0 Å². The Balaban J connectivity index is 1.60. The lowest BCUT2D eigenvalue weighted by Gasteiger charge is -2.27. The third-order valence-electron chi connectivity index (χ3n) is 7.54. The van der Waals surface area contributed by atoms with Crippen molar-refractivity contribution in [2.24, 2.45) is 11.8 Å². The standard InChI is InChI=1S/C35H40O11/c1-5-25(36)19-44-32(38)22-43-27-17-13-24(14-18-27)35(3,4)23-11-15-26(16-12-23)42-20-28(21-45-31(37)6-2)46-34(41)30-10-8-7-9-29(30)33(39)40/h5-8,11-18,28-30,32,38H,1-2,9-10,19-22H2,3-4H3,(H,39,40). The number of carboxylic acid groups (broad SMARTS) is 1. The summed E-state index contributed by atoms with van der Waals surface area (Å²) in [6, 6.07) is 14.7. The highest BCUT2D eigenvalue weighted by molar-refractivity contribution is 5.90. The van der Waals surface area contributed by atoms with E-state index in [2.05, 4.69) is 27.0 Å². The van der Waals surface area contributed by atoms with Crippen LogP contribution in [0.25, 0.3) is 0 Å². The largest absolute Gasteiger partial charge is 0.490 e. The molecule has 2 aromatic carbocycles. The predicted molar refractivity (Wildman–Crippen MR) is 167 cm³/mol. The van der Waals surface area contributed by atoms with Crippen molar-refractivity contribution in [3.63, 3.8) is 0 Å². The lowest BCUT2D eigenvalue weighted by atomic mass is 9.78. The zero-order valence-corrected chi connectivity index (χ0v) is 26.0. The Morgan fingerprint density at radius 1 is 0.848 bits per heavy atom. The van der Waals surface area contributed by atoms with E-state index < -0.39 is 47.6 Å². The lowest BCUT2D eigenvalue weighted by Crippen LogP contribution is -2.37. The maximum Gasteiger partial charge on any atom is 0.330 e. The molecule has 0 spiro atoms. The Hall–Kier alpha value is -4.74. The highest BCUT2D eigenvalue weighted by atomic mass is 16.6. The van der Waals surface area contributed by atoms with Gasteiger partial charge in [0.15, 0.2) is 18.2 Å². The van der Waals surface area contributed by atoms with Gasteiger partial charge in [0.2, 0.25) is 0 Å². The van der Waals surface area contributed by atoms with E-state index in [1.54, 1.807) is 36.4 Å². The monoisotopic (exact) mass is 636 g/mol. The molecular weight excluding hydrogens is 596 g/mol. The number of aliphatic carboxylic acids is 1. The molecule has 11 heteroatoms. The Morgan fingerprint density at radius 3 is 1.91 bits per heavy atom.